The number of amides is 2. The van der Waals surface area contributed by atoms with E-state index < -0.39 is 0 Å². The summed E-state index contributed by atoms with van der Waals surface area (Å²) in [5.74, 6) is 0.905. The van der Waals surface area contributed by atoms with Gasteiger partial charge in [-0.15, -0.1) is 0 Å². The Kier molecular flexibility index (Phi) is 6.56. The fraction of sp³-hybridized carbons (Fsp3) is 0.611. The van der Waals surface area contributed by atoms with E-state index in [1.807, 2.05) is 25.2 Å². The van der Waals surface area contributed by atoms with E-state index in [0.717, 1.165) is 50.3 Å². The smallest absolute Gasteiger partial charge is 0.317 e. The van der Waals surface area contributed by atoms with Gasteiger partial charge in [0, 0.05) is 20.1 Å². The molecule has 1 N–H and O–H groups in total. The van der Waals surface area contributed by atoms with Gasteiger partial charge < -0.3 is 19.9 Å². The van der Waals surface area contributed by atoms with Crippen molar-refractivity contribution in [2.75, 3.05) is 38.1 Å². The molecule has 5 nitrogen and oxygen atoms in total. The molecule has 0 aliphatic carbocycles. The molecule has 1 atom stereocenters. The van der Waals surface area contributed by atoms with E-state index in [9.17, 15) is 4.79 Å². The zero-order valence-electron chi connectivity index (χ0n) is 14.5. The maximum Gasteiger partial charge on any atom is 0.317 e. The van der Waals surface area contributed by atoms with E-state index in [0.29, 0.717) is 6.54 Å². The van der Waals surface area contributed by atoms with Crippen LogP contribution < -0.4 is 15.0 Å². The van der Waals surface area contributed by atoms with E-state index in [1.54, 1.807) is 4.90 Å². The molecule has 23 heavy (non-hydrogen) atoms. The highest BCUT2D eigenvalue weighted by atomic mass is 16.5. The zero-order valence-corrected chi connectivity index (χ0v) is 14.5. The number of urea groups is 1. The number of nitrogens with zero attached hydrogens (tertiary/aromatic N) is 2. The van der Waals surface area contributed by atoms with Crippen molar-refractivity contribution in [3.63, 3.8) is 0 Å². The Bertz CT molecular complexity index is 507. The molecular formula is C18H29N3O2. The van der Waals surface area contributed by atoms with Crippen LogP contribution >= 0.6 is 0 Å². The first-order chi connectivity index (χ1) is 11.2. The van der Waals surface area contributed by atoms with Gasteiger partial charge in [-0.2, -0.15) is 0 Å². The molecule has 5 heteroatoms. The normalized spacial score (nSPS) is 16.5. The van der Waals surface area contributed by atoms with Gasteiger partial charge in [-0.3, -0.25) is 0 Å². The Morgan fingerprint density at radius 3 is 2.87 bits per heavy atom. The largest absolute Gasteiger partial charge is 0.485 e. The third-order valence-electron chi connectivity index (χ3n) is 4.19. The molecule has 1 aromatic rings. The van der Waals surface area contributed by atoms with Gasteiger partial charge in [0.1, 0.15) is 11.9 Å². The molecule has 1 aromatic carbocycles. The molecule has 1 aliphatic rings. The summed E-state index contributed by atoms with van der Waals surface area (Å²) in [6.07, 6.45) is 3.34. The summed E-state index contributed by atoms with van der Waals surface area (Å²) in [6.45, 7) is 7.37. The second kappa shape index (κ2) is 8.65. The lowest BCUT2D eigenvalue weighted by molar-refractivity contribution is 0.145. The lowest BCUT2D eigenvalue weighted by Crippen LogP contribution is -2.49. The van der Waals surface area contributed by atoms with Gasteiger partial charge >= 0.3 is 6.03 Å². The topological polar surface area (TPSA) is 44.8 Å². The summed E-state index contributed by atoms with van der Waals surface area (Å²) in [6, 6.07) is 8.07. The Morgan fingerprint density at radius 1 is 1.35 bits per heavy atom. The third-order valence-corrected chi connectivity index (χ3v) is 4.19. The molecule has 0 unspecified atom stereocenters. The van der Waals surface area contributed by atoms with Crippen LogP contribution in [0.5, 0.6) is 5.75 Å². The highest BCUT2D eigenvalue weighted by Crippen LogP contribution is 2.32. The third kappa shape index (κ3) is 4.78. The van der Waals surface area contributed by atoms with E-state index in [2.05, 4.69) is 30.1 Å². The number of unbranched alkanes of at least 4 members (excludes halogenated alkanes) is 2. The van der Waals surface area contributed by atoms with Crippen LogP contribution in [0.3, 0.4) is 0 Å². The zero-order chi connectivity index (χ0) is 16.7. The summed E-state index contributed by atoms with van der Waals surface area (Å²) in [4.78, 5) is 16.1. The van der Waals surface area contributed by atoms with Crippen LogP contribution in [-0.2, 0) is 0 Å². The number of hydrogen-bond donors (Lipinski definition) is 1. The number of hydrogen-bond acceptors (Lipinski definition) is 3. The molecule has 0 saturated carbocycles. The molecule has 0 fully saturated rings. The standard InChI is InChI=1S/C18H29N3O2/c1-4-6-9-12-19-18(22)20(3)13-15-14-21(5-2)16-10-7-8-11-17(16)23-15/h7-8,10-11,15H,4-6,9,12-14H2,1-3H3,(H,19,22)/t15-/m1/s1. The number of carbonyl (C=O) groups excluding carboxylic acids is 1. The maximum absolute atomic E-state index is 12.1. The lowest BCUT2D eigenvalue weighted by atomic mass is 10.2. The van der Waals surface area contributed by atoms with Gasteiger partial charge in [-0.05, 0) is 25.5 Å². The minimum Gasteiger partial charge on any atom is -0.485 e. The monoisotopic (exact) mass is 319 g/mol. The van der Waals surface area contributed by atoms with Gasteiger partial charge in [0.15, 0.2) is 0 Å². The Balaban J connectivity index is 1.87. The summed E-state index contributed by atoms with van der Waals surface area (Å²) in [5.41, 5.74) is 1.14. The number of benzene rings is 1. The number of anilines is 1. The number of nitrogens with one attached hydrogen (secondary N) is 1. The summed E-state index contributed by atoms with van der Waals surface area (Å²) < 4.78 is 6.06. The number of ether oxygens (including phenoxy) is 1. The van der Waals surface area contributed by atoms with Gasteiger partial charge in [0.2, 0.25) is 0 Å². The second-order valence-electron chi connectivity index (χ2n) is 6.07. The van der Waals surface area contributed by atoms with Crippen molar-refractivity contribution in [3.05, 3.63) is 24.3 Å². The number of para-hydroxylation sites is 2. The van der Waals surface area contributed by atoms with E-state index in [4.69, 9.17) is 4.74 Å². The van der Waals surface area contributed by atoms with Gasteiger partial charge in [0.05, 0.1) is 18.8 Å². The second-order valence-corrected chi connectivity index (χ2v) is 6.07. The quantitative estimate of drug-likeness (QED) is 0.786. The van der Waals surface area contributed by atoms with Crippen molar-refractivity contribution in [1.82, 2.24) is 10.2 Å². The number of carbonyl (C=O) groups is 1. The predicted molar refractivity (Wildman–Crippen MR) is 94.3 cm³/mol. The highest BCUT2D eigenvalue weighted by Gasteiger charge is 2.26. The Labute approximate surface area is 139 Å². The summed E-state index contributed by atoms with van der Waals surface area (Å²) >= 11 is 0. The van der Waals surface area contributed by atoms with Crippen LogP contribution in [0.1, 0.15) is 33.1 Å². The van der Waals surface area contributed by atoms with Crippen molar-refractivity contribution in [2.45, 2.75) is 39.2 Å². The molecule has 0 spiro atoms. The van der Waals surface area contributed by atoms with Crippen molar-refractivity contribution >= 4 is 11.7 Å². The summed E-state index contributed by atoms with van der Waals surface area (Å²) in [5, 5.41) is 2.97. The number of fused-ring (bicyclic) bond motifs is 1. The van der Waals surface area contributed by atoms with Crippen molar-refractivity contribution < 1.29 is 9.53 Å². The molecule has 1 aliphatic heterocycles. The van der Waals surface area contributed by atoms with Gasteiger partial charge in [0.25, 0.3) is 0 Å². The van der Waals surface area contributed by atoms with Gasteiger partial charge in [-0.1, -0.05) is 31.9 Å². The van der Waals surface area contributed by atoms with E-state index in [1.165, 1.54) is 0 Å². The number of likely N-dealkylation sites (N-methyl/N-ethyl adjacent to an activating group) is 2. The molecule has 128 valence electrons. The first-order valence-electron chi connectivity index (χ1n) is 8.65. The molecule has 1 heterocycles. The van der Waals surface area contributed by atoms with Crippen LogP contribution in [0.4, 0.5) is 10.5 Å². The first-order valence-corrected chi connectivity index (χ1v) is 8.65. The van der Waals surface area contributed by atoms with Gasteiger partial charge in [-0.25, -0.2) is 4.79 Å². The molecule has 0 saturated heterocycles. The van der Waals surface area contributed by atoms with Crippen LogP contribution in [0.15, 0.2) is 24.3 Å². The molecule has 2 rings (SSSR count). The average molecular weight is 319 g/mol. The molecule has 0 bridgehead atoms. The first kappa shape index (κ1) is 17.4. The van der Waals surface area contributed by atoms with Crippen molar-refractivity contribution in [1.29, 1.82) is 0 Å². The van der Waals surface area contributed by atoms with E-state index in [-0.39, 0.29) is 12.1 Å². The van der Waals surface area contributed by atoms with E-state index >= 15 is 0 Å². The maximum atomic E-state index is 12.1. The van der Waals surface area contributed by atoms with Crippen LogP contribution in [-0.4, -0.2) is 50.3 Å². The van der Waals surface area contributed by atoms with Crippen LogP contribution in [0.25, 0.3) is 0 Å². The molecule has 2 amide bonds. The average Bonchev–Trinajstić information content (AvgIpc) is 2.57. The highest BCUT2D eigenvalue weighted by molar-refractivity contribution is 5.73. The minimum absolute atomic E-state index is 0.00348. The fourth-order valence-electron chi connectivity index (χ4n) is 2.87. The summed E-state index contributed by atoms with van der Waals surface area (Å²) in [7, 11) is 1.83. The fourth-order valence-corrected chi connectivity index (χ4v) is 2.87. The molecule has 0 radical (unpaired) electrons. The predicted octanol–water partition coefficient (Wildman–Crippen LogP) is 3.11. The molecular weight excluding hydrogens is 290 g/mol. The van der Waals surface area contributed by atoms with Crippen molar-refractivity contribution in [2.24, 2.45) is 0 Å². The lowest BCUT2D eigenvalue weighted by Gasteiger charge is -2.37. The van der Waals surface area contributed by atoms with Crippen LogP contribution in [0, 0.1) is 0 Å². The Morgan fingerprint density at radius 2 is 2.13 bits per heavy atom. The van der Waals surface area contributed by atoms with Crippen molar-refractivity contribution in [3.8, 4) is 5.75 Å². The Hall–Kier alpha value is -1.91. The minimum atomic E-state index is -0.0217. The molecule has 0 aromatic heterocycles. The SMILES string of the molecule is CCCCCNC(=O)N(C)C[C@@H]1CN(CC)c2ccccc2O1. The number of rotatable bonds is 7. The van der Waals surface area contributed by atoms with Crippen LogP contribution in [0.2, 0.25) is 0 Å².